The average Bonchev–Trinajstić information content (AvgIpc) is 3.10. The Balaban J connectivity index is 1.70. The molecule has 0 aliphatic rings. The third kappa shape index (κ3) is 5.34. The zero-order valence-corrected chi connectivity index (χ0v) is 17.5. The Morgan fingerprint density at radius 3 is 2.57 bits per heavy atom. The largest absolute Gasteiger partial charge is 0.417 e. The van der Waals surface area contributed by atoms with E-state index in [9.17, 15) is 18.0 Å². The highest BCUT2D eigenvalue weighted by atomic mass is 35.5. The molecule has 158 valence electrons. The van der Waals surface area contributed by atoms with Gasteiger partial charge in [0.25, 0.3) is 0 Å². The van der Waals surface area contributed by atoms with Crippen molar-refractivity contribution in [3.63, 3.8) is 0 Å². The van der Waals surface area contributed by atoms with Crippen LogP contribution in [0.4, 0.5) is 18.9 Å². The fourth-order valence-electron chi connectivity index (χ4n) is 2.77. The van der Waals surface area contributed by atoms with Crippen molar-refractivity contribution >= 4 is 35.0 Å². The third-order valence-electron chi connectivity index (χ3n) is 4.08. The second-order valence-corrected chi connectivity index (χ2v) is 7.70. The van der Waals surface area contributed by atoms with E-state index in [0.29, 0.717) is 17.5 Å². The number of nitrogens with one attached hydrogen (secondary N) is 1. The molecule has 0 unspecified atom stereocenters. The number of nitrogens with zero attached hydrogens (tertiary/aromatic N) is 3. The van der Waals surface area contributed by atoms with E-state index < -0.39 is 22.7 Å². The molecular weight excluding hydrogens is 437 g/mol. The number of halogens is 4. The first kappa shape index (κ1) is 22.2. The van der Waals surface area contributed by atoms with E-state index in [1.807, 2.05) is 41.8 Å². The third-order valence-corrected chi connectivity index (χ3v) is 5.38. The maximum atomic E-state index is 13.0. The lowest BCUT2D eigenvalue weighted by molar-refractivity contribution is -0.137. The van der Waals surface area contributed by atoms with Gasteiger partial charge in [0.15, 0.2) is 11.0 Å². The number of amides is 1. The molecule has 0 aliphatic carbocycles. The van der Waals surface area contributed by atoms with Crippen LogP contribution in [0.2, 0.25) is 5.02 Å². The van der Waals surface area contributed by atoms with Crippen LogP contribution in [0.15, 0.2) is 53.7 Å². The number of carbonyl (C=O) groups is 1. The number of thioether (sulfide) groups is 1. The smallest absolute Gasteiger partial charge is 0.325 e. The van der Waals surface area contributed by atoms with Crippen molar-refractivity contribution in [3.8, 4) is 11.4 Å². The fraction of sp³-hybridized carbons (Fsp3) is 0.250. The van der Waals surface area contributed by atoms with Crippen LogP contribution < -0.4 is 5.32 Å². The molecule has 2 aromatic carbocycles. The van der Waals surface area contributed by atoms with Crippen molar-refractivity contribution in [1.29, 1.82) is 0 Å². The van der Waals surface area contributed by atoms with E-state index in [4.69, 9.17) is 11.6 Å². The maximum Gasteiger partial charge on any atom is 0.417 e. The Bertz CT molecular complexity index is 1020. The van der Waals surface area contributed by atoms with Gasteiger partial charge in [-0.1, -0.05) is 60.6 Å². The second kappa shape index (κ2) is 9.53. The number of anilines is 1. The number of hydrogen-bond donors (Lipinski definition) is 1. The summed E-state index contributed by atoms with van der Waals surface area (Å²) < 4.78 is 40.9. The average molecular weight is 455 g/mol. The lowest BCUT2D eigenvalue weighted by Gasteiger charge is -2.12. The van der Waals surface area contributed by atoms with Gasteiger partial charge in [0, 0.05) is 17.8 Å². The van der Waals surface area contributed by atoms with Crippen LogP contribution >= 0.6 is 23.4 Å². The van der Waals surface area contributed by atoms with E-state index in [1.165, 1.54) is 17.8 Å². The van der Waals surface area contributed by atoms with Gasteiger partial charge in [-0.2, -0.15) is 13.2 Å². The highest BCUT2D eigenvalue weighted by molar-refractivity contribution is 7.99. The van der Waals surface area contributed by atoms with Crippen LogP contribution in [0.1, 0.15) is 18.9 Å². The molecule has 1 aromatic heterocycles. The van der Waals surface area contributed by atoms with Crippen LogP contribution in [0.5, 0.6) is 0 Å². The first-order valence-corrected chi connectivity index (χ1v) is 10.4. The summed E-state index contributed by atoms with van der Waals surface area (Å²) in [6, 6.07) is 12.8. The van der Waals surface area contributed by atoms with Gasteiger partial charge in [-0.05, 0) is 24.6 Å². The van der Waals surface area contributed by atoms with E-state index in [2.05, 4.69) is 15.5 Å². The molecule has 0 bridgehead atoms. The molecule has 0 fully saturated rings. The molecule has 1 heterocycles. The minimum Gasteiger partial charge on any atom is -0.325 e. The number of carbonyl (C=O) groups excluding carboxylic acids is 1. The van der Waals surface area contributed by atoms with Crippen molar-refractivity contribution in [2.75, 3.05) is 11.1 Å². The summed E-state index contributed by atoms with van der Waals surface area (Å²) in [6.45, 7) is 2.70. The second-order valence-electron chi connectivity index (χ2n) is 6.35. The molecule has 0 saturated carbocycles. The van der Waals surface area contributed by atoms with Gasteiger partial charge in [0.05, 0.1) is 16.3 Å². The van der Waals surface area contributed by atoms with Crippen LogP contribution in [-0.2, 0) is 17.5 Å². The van der Waals surface area contributed by atoms with Crippen molar-refractivity contribution in [3.05, 3.63) is 59.1 Å². The molecule has 0 spiro atoms. The molecule has 0 atom stereocenters. The van der Waals surface area contributed by atoms with Crippen LogP contribution in [-0.4, -0.2) is 26.4 Å². The summed E-state index contributed by atoms with van der Waals surface area (Å²) in [5.41, 5.74) is -0.0577. The molecule has 0 saturated heterocycles. The summed E-state index contributed by atoms with van der Waals surface area (Å²) in [4.78, 5) is 12.3. The van der Waals surface area contributed by atoms with Crippen LogP contribution in [0.25, 0.3) is 11.4 Å². The summed E-state index contributed by atoms with van der Waals surface area (Å²) in [5, 5.41) is 11.0. The molecule has 1 N–H and O–H groups in total. The minimum atomic E-state index is -4.60. The van der Waals surface area contributed by atoms with E-state index in [0.717, 1.165) is 24.1 Å². The monoisotopic (exact) mass is 454 g/mol. The summed E-state index contributed by atoms with van der Waals surface area (Å²) in [5.74, 6) is 0.219. The Morgan fingerprint density at radius 1 is 1.17 bits per heavy atom. The van der Waals surface area contributed by atoms with Gasteiger partial charge < -0.3 is 9.88 Å². The molecule has 0 radical (unpaired) electrons. The predicted molar refractivity (Wildman–Crippen MR) is 112 cm³/mol. The van der Waals surface area contributed by atoms with Crippen molar-refractivity contribution in [1.82, 2.24) is 14.8 Å². The van der Waals surface area contributed by atoms with Gasteiger partial charge in [0.2, 0.25) is 5.91 Å². The lowest BCUT2D eigenvalue weighted by Crippen LogP contribution is -2.16. The van der Waals surface area contributed by atoms with Gasteiger partial charge in [-0.25, -0.2) is 0 Å². The summed E-state index contributed by atoms with van der Waals surface area (Å²) in [7, 11) is 0. The highest BCUT2D eigenvalue weighted by Crippen LogP contribution is 2.36. The molecule has 3 rings (SSSR count). The number of benzene rings is 2. The van der Waals surface area contributed by atoms with Gasteiger partial charge in [-0.15, -0.1) is 10.2 Å². The van der Waals surface area contributed by atoms with Gasteiger partial charge in [0.1, 0.15) is 0 Å². The molecule has 0 aliphatic heterocycles. The fourth-order valence-corrected chi connectivity index (χ4v) is 3.76. The minimum absolute atomic E-state index is 0.0253. The molecule has 10 heteroatoms. The normalized spacial score (nSPS) is 11.5. The number of hydrogen-bond acceptors (Lipinski definition) is 4. The molecule has 1 amide bonds. The van der Waals surface area contributed by atoms with E-state index in [1.54, 1.807) is 0 Å². The maximum absolute atomic E-state index is 13.0. The van der Waals surface area contributed by atoms with E-state index in [-0.39, 0.29) is 11.4 Å². The Hall–Kier alpha value is -2.52. The summed E-state index contributed by atoms with van der Waals surface area (Å²) >= 11 is 6.78. The van der Waals surface area contributed by atoms with E-state index >= 15 is 0 Å². The SMILES string of the molecule is CCCn1c(SCC(=O)Nc2ccc(Cl)c(C(F)(F)F)c2)nnc1-c1ccccc1. The molecule has 5 nitrogen and oxygen atoms in total. The standard InChI is InChI=1S/C20H18ClF3N4OS/c1-2-10-28-18(13-6-4-3-5-7-13)26-27-19(28)30-12-17(29)25-14-8-9-16(21)15(11-14)20(22,23)24/h3-9,11H,2,10,12H2,1H3,(H,25,29). The molecule has 30 heavy (non-hydrogen) atoms. The lowest BCUT2D eigenvalue weighted by atomic mass is 10.2. The Kier molecular flexibility index (Phi) is 7.04. The van der Waals surface area contributed by atoms with Crippen LogP contribution in [0, 0.1) is 0 Å². The highest BCUT2D eigenvalue weighted by Gasteiger charge is 2.33. The van der Waals surface area contributed by atoms with Gasteiger partial charge >= 0.3 is 6.18 Å². The number of alkyl halides is 3. The Labute approximate surface area is 180 Å². The van der Waals surface area contributed by atoms with Crippen molar-refractivity contribution in [2.24, 2.45) is 0 Å². The zero-order chi connectivity index (χ0) is 21.7. The predicted octanol–water partition coefficient (Wildman–Crippen LogP) is 5.76. The summed E-state index contributed by atoms with van der Waals surface area (Å²) in [6.07, 6.45) is -3.75. The number of rotatable bonds is 7. The van der Waals surface area contributed by atoms with Crippen molar-refractivity contribution < 1.29 is 18.0 Å². The van der Waals surface area contributed by atoms with Gasteiger partial charge in [-0.3, -0.25) is 4.79 Å². The molecule has 3 aromatic rings. The topological polar surface area (TPSA) is 59.8 Å². The molecular formula is C20H18ClF3N4OS. The first-order chi connectivity index (χ1) is 14.3. The first-order valence-electron chi connectivity index (χ1n) is 9.07. The van der Waals surface area contributed by atoms with Crippen molar-refractivity contribution in [2.45, 2.75) is 31.2 Å². The number of aromatic nitrogens is 3. The Morgan fingerprint density at radius 2 is 1.90 bits per heavy atom. The van der Waals surface area contributed by atoms with Crippen LogP contribution in [0.3, 0.4) is 0 Å². The zero-order valence-electron chi connectivity index (χ0n) is 15.9. The quantitative estimate of drug-likeness (QED) is 0.461.